The molecule has 6 nitrogen and oxygen atoms in total. The second kappa shape index (κ2) is 13.8. The van der Waals surface area contributed by atoms with Crippen molar-refractivity contribution in [3.63, 3.8) is 0 Å². The molecule has 1 fully saturated rings. The molecular formula is C24H36IN5OS. The molecule has 2 heterocycles. The highest BCUT2D eigenvalue weighted by Crippen LogP contribution is 2.36. The van der Waals surface area contributed by atoms with Crippen molar-refractivity contribution in [3.8, 4) is 0 Å². The van der Waals surface area contributed by atoms with Crippen molar-refractivity contribution in [2.75, 3.05) is 33.7 Å². The van der Waals surface area contributed by atoms with Crippen LogP contribution in [0, 0.1) is 5.92 Å². The third kappa shape index (κ3) is 7.45. The highest BCUT2D eigenvalue weighted by Gasteiger charge is 2.31. The number of hydrogen-bond acceptors (Lipinski definition) is 4. The van der Waals surface area contributed by atoms with Gasteiger partial charge in [-0.15, -0.1) is 35.3 Å². The molecule has 1 aliphatic heterocycles. The summed E-state index contributed by atoms with van der Waals surface area (Å²) in [5.74, 6) is 1.31. The van der Waals surface area contributed by atoms with Gasteiger partial charge in [-0.2, -0.15) is 0 Å². The highest BCUT2D eigenvalue weighted by molar-refractivity contribution is 14.0. The number of aliphatic imine (C=N–C) groups is 1. The number of nitrogens with zero attached hydrogens (tertiary/aromatic N) is 2. The monoisotopic (exact) mass is 569 g/mol. The van der Waals surface area contributed by atoms with Gasteiger partial charge in [-0.3, -0.25) is 14.7 Å². The standard InChI is InChI=1S/C24H35N5OS.HI/c1-4-12-26-23(30)19-9-5-8-18(15-19)16-27-24(25-2)28-17-20-10-6-13-29(3)22(20)21-11-7-14-31-21;/h5,7-9,11,14-15,20,22H,4,6,10,12-13,16-17H2,1-3H3,(H,26,30)(H2,25,27,28);1H. The van der Waals surface area contributed by atoms with Crippen molar-refractivity contribution in [3.05, 3.63) is 57.8 Å². The van der Waals surface area contributed by atoms with Crippen LogP contribution in [0.25, 0.3) is 0 Å². The third-order valence-electron chi connectivity index (χ3n) is 5.78. The average molecular weight is 570 g/mol. The van der Waals surface area contributed by atoms with Crippen LogP contribution in [-0.4, -0.2) is 50.5 Å². The Bertz CT molecular complexity index is 858. The molecule has 0 saturated carbocycles. The van der Waals surface area contributed by atoms with E-state index in [2.05, 4.69) is 50.4 Å². The summed E-state index contributed by atoms with van der Waals surface area (Å²) >= 11 is 1.84. The minimum atomic E-state index is -0.0211. The van der Waals surface area contributed by atoms with Gasteiger partial charge in [0.1, 0.15) is 0 Å². The number of piperidine rings is 1. The van der Waals surface area contributed by atoms with E-state index >= 15 is 0 Å². The summed E-state index contributed by atoms with van der Waals surface area (Å²) in [6, 6.07) is 12.6. The molecule has 32 heavy (non-hydrogen) atoms. The molecule has 3 rings (SSSR count). The minimum absolute atomic E-state index is 0. The summed E-state index contributed by atoms with van der Waals surface area (Å²) < 4.78 is 0. The normalized spacial score (nSPS) is 19.2. The van der Waals surface area contributed by atoms with Crippen molar-refractivity contribution in [2.24, 2.45) is 10.9 Å². The van der Waals surface area contributed by atoms with E-state index in [9.17, 15) is 4.79 Å². The van der Waals surface area contributed by atoms with Crippen LogP contribution in [0.3, 0.4) is 0 Å². The molecular weight excluding hydrogens is 533 g/mol. The largest absolute Gasteiger partial charge is 0.356 e. The molecule has 0 bridgehead atoms. The first-order valence-electron chi connectivity index (χ1n) is 11.2. The molecule has 8 heteroatoms. The number of carbonyl (C=O) groups is 1. The van der Waals surface area contributed by atoms with Gasteiger partial charge in [-0.25, -0.2) is 0 Å². The average Bonchev–Trinajstić information content (AvgIpc) is 3.32. The van der Waals surface area contributed by atoms with Gasteiger partial charge in [0.2, 0.25) is 0 Å². The molecule has 2 unspecified atom stereocenters. The van der Waals surface area contributed by atoms with Crippen LogP contribution in [0.2, 0.25) is 0 Å². The Morgan fingerprint density at radius 2 is 2.06 bits per heavy atom. The van der Waals surface area contributed by atoms with E-state index in [0.717, 1.165) is 31.0 Å². The molecule has 2 aromatic rings. The van der Waals surface area contributed by atoms with Gasteiger partial charge in [-0.1, -0.05) is 25.1 Å². The Morgan fingerprint density at radius 3 is 2.78 bits per heavy atom. The lowest BCUT2D eigenvalue weighted by Crippen LogP contribution is -2.44. The lowest BCUT2D eigenvalue weighted by Gasteiger charge is -2.39. The smallest absolute Gasteiger partial charge is 0.251 e. The topological polar surface area (TPSA) is 68.8 Å². The molecule has 0 radical (unpaired) electrons. The van der Waals surface area contributed by atoms with Crippen molar-refractivity contribution >= 4 is 47.2 Å². The first kappa shape index (κ1) is 26.6. The number of thiophene rings is 1. The number of guanidine groups is 1. The molecule has 1 aromatic heterocycles. The van der Waals surface area contributed by atoms with Gasteiger partial charge in [-0.05, 0) is 67.9 Å². The maximum atomic E-state index is 12.2. The van der Waals surface area contributed by atoms with Crippen molar-refractivity contribution < 1.29 is 4.79 Å². The number of nitrogens with one attached hydrogen (secondary N) is 3. The molecule has 1 saturated heterocycles. The number of hydrogen-bond donors (Lipinski definition) is 3. The van der Waals surface area contributed by atoms with Gasteiger partial charge in [0.25, 0.3) is 5.91 Å². The number of benzene rings is 1. The van der Waals surface area contributed by atoms with Crippen LogP contribution in [0.1, 0.15) is 53.0 Å². The maximum Gasteiger partial charge on any atom is 0.251 e. The molecule has 1 amide bonds. The molecule has 1 aromatic carbocycles. The van der Waals surface area contributed by atoms with Gasteiger partial charge in [0.15, 0.2) is 5.96 Å². The van der Waals surface area contributed by atoms with E-state index in [1.54, 1.807) is 7.05 Å². The van der Waals surface area contributed by atoms with Crippen LogP contribution >= 0.6 is 35.3 Å². The number of carbonyl (C=O) groups excluding carboxylic acids is 1. The fourth-order valence-corrected chi connectivity index (χ4v) is 5.16. The third-order valence-corrected chi connectivity index (χ3v) is 6.72. The van der Waals surface area contributed by atoms with E-state index in [4.69, 9.17) is 0 Å². The molecule has 0 aliphatic carbocycles. The van der Waals surface area contributed by atoms with Crippen molar-refractivity contribution in [1.82, 2.24) is 20.9 Å². The molecule has 0 spiro atoms. The number of rotatable bonds is 8. The van der Waals surface area contributed by atoms with Gasteiger partial charge < -0.3 is 16.0 Å². The maximum absolute atomic E-state index is 12.2. The van der Waals surface area contributed by atoms with Crippen molar-refractivity contribution in [2.45, 2.75) is 38.8 Å². The number of amides is 1. The predicted octanol–water partition coefficient (Wildman–Crippen LogP) is 4.25. The van der Waals surface area contributed by atoms with E-state index in [1.165, 1.54) is 17.7 Å². The summed E-state index contributed by atoms with van der Waals surface area (Å²) in [5, 5.41) is 12.0. The zero-order valence-corrected chi connectivity index (χ0v) is 22.4. The van der Waals surface area contributed by atoms with E-state index in [-0.39, 0.29) is 29.9 Å². The zero-order valence-electron chi connectivity index (χ0n) is 19.3. The Kier molecular flexibility index (Phi) is 11.5. The van der Waals surface area contributed by atoms with Crippen LogP contribution in [-0.2, 0) is 6.54 Å². The van der Waals surface area contributed by atoms with Gasteiger partial charge in [0, 0.05) is 43.2 Å². The summed E-state index contributed by atoms with van der Waals surface area (Å²) in [5.41, 5.74) is 1.75. The van der Waals surface area contributed by atoms with E-state index in [0.29, 0.717) is 30.6 Å². The van der Waals surface area contributed by atoms with E-state index < -0.39 is 0 Å². The Morgan fingerprint density at radius 1 is 1.22 bits per heavy atom. The zero-order chi connectivity index (χ0) is 22.1. The van der Waals surface area contributed by atoms with E-state index in [1.807, 2.05) is 42.5 Å². The summed E-state index contributed by atoms with van der Waals surface area (Å²) in [6.07, 6.45) is 3.37. The second-order valence-electron chi connectivity index (χ2n) is 8.11. The van der Waals surface area contributed by atoms with Gasteiger partial charge in [0.05, 0.1) is 0 Å². The molecule has 1 aliphatic rings. The lowest BCUT2D eigenvalue weighted by molar-refractivity contribution is 0.0953. The highest BCUT2D eigenvalue weighted by atomic mass is 127. The summed E-state index contributed by atoms with van der Waals surface area (Å²) in [4.78, 5) is 20.5. The van der Waals surface area contributed by atoms with Crippen LogP contribution in [0.4, 0.5) is 0 Å². The Hall–Kier alpha value is -1.65. The second-order valence-corrected chi connectivity index (χ2v) is 9.09. The Labute approximate surface area is 213 Å². The van der Waals surface area contributed by atoms with Gasteiger partial charge >= 0.3 is 0 Å². The lowest BCUT2D eigenvalue weighted by atomic mass is 9.88. The fourth-order valence-electron chi connectivity index (χ4n) is 4.18. The molecule has 176 valence electrons. The summed E-state index contributed by atoms with van der Waals surface area (Å²) in [7, 11) is 4.03. The minimum Gasteiger partial charge on any atom is -0.356 e. The first-order chi connectivity index (χ1) is 15.1. The number of halogens is 1. The van der Waals surface area contributed by atoms with Crippen LogP contribution in [0.5, 0.6) is 0 Å². The van der Waals surface area contributed by atoms with Crippen LogP contribution < -0.4 is 16.0 Å². The van der Waals surface area contributed by atoms with Crippen LogP contribution in [0.15, 0.2) is 46.8 Å². The first-order valence-corrected chi connectivity index (χ1v) is 12.1. The fraction of sp³-hybridized carbons (Fsp3) is 0.500. The predicted molar refractivity (Wildman–Crippen MR) is 145 cm³/mol. The number of likely N-dealkylation sites (tertiary alicyclic amines) is 1. The van der Waals surface area contributed by atoms with Crippen molar-refractivity contribution in [1.29, 1.82) is 0 Å². The molecule has 3 N–H and O–H groups in total. The quantitative estimate of drug-likeness (QED) is 0.253. The SMILES string of the molecule is CCCNC(=O)c1cccc(CNC(=NC)NCC2CCCN(C)C2c2cccs2)c1.I. The Balaban J connectivity index is 0.00000363. The molecule has 2 atom stereocenters. The summed E-state index contributed by atoms with van der Waals surface area (Å²) in [6.45, 7) is 5.39.